The van der Waals surface area contributed by atoms with Gasteiger partial charge in [0.1, 0.15) is 23.0 Å². The van der Waals surface area contributed by atoms with Crippen molar-refractivity contribution in [2.24, 2.45) is 0 Å². The van der Waals surface area contributed by atoms with E-state index in [0.29, 0.717) is 23.0 Å². The summed E-state index contributed by atoms with van der Waals surface area (Å²) in [6.45, 7) is 7.34. The highest BCUT2D eigenvalue weighted by molar-refractivity contribution is 5.49. The predicted molar refractivity (Wildman–Crippen MR) is 75.2 cm³/mol. The molecule has 0 atom stereocenters. The standard InChI is InChI=1S/C16H18O3/c1-9-5-13(6-10(2)15(9)17)19-14-7-11(3)16(18)12(4)8-14/h5-8,17-18H,1-4H3. The Kier molecular flexibility index (Phi) is 3.38. The quantitative estimate of drug-likeness (QED) is 0.851. The van der Waals surface area contributed by atoms with E-state index in [-0.39, 0.29) is 0 Å². The molecule has 0 spiro atoms. The third-order valence-electron chi connectivity index (χ3n) is 3.16. The summed E-state index contributed by atoms with van der Waals surface area (Å²) in [5.41, 5.74) is 3.12. The summed E-state index contributed by atoms with van der Waals surface area (Å²) in [6.07, 6.45) is 0. The largest absolute Gasteiger partial charge is 0.507 e. The maximum atomic E-state index is 9.73. The van der Waals surface area contributed by atoms with Gasteiger partial charge in [0.25, 0.3) is 0 Å². The van der Waals surface area contributed by atoms with Crippen LogP contribution in [0.1, 0.15) is 22.3 Å². The molecule has 0 aliphatic rings. The molecule has 0 bridgehead atoms. The molecule has 0 aliphatic heterocycles. The lowest BCUT2D eigenvalue weighted by molar-refractivity contribution is 0.450. The van der Waals surface area contributed by atoms with Gasteiger partial charge in [0.15, 0.2) is 0 Å². The summed E-state index contributed by atoms with van der Waals surface area (Å²) in [5, 5.41) is 19.5. The van der Waals surface area contributed by atoms with Gasteiger partial charge in [-0.2, -0.15) is 0 Å². The number of rotatable bonds is 2. The molecule has 0 fully saturated rings. The van der Waals surface area contributed by atoms with Crippen LogP contribution in [-0.4, -0.2) is 10.2 Å². The van der Waals surface area contributed by atoms with E-state index in [9.17, 15) is 10.2 Å². The van der Waals surface area contributed by atoms with Gasteiger partial charge in [0.2, 0.25) is 0 Å². The van der Waals surface area contributed by atoms with Crippen LogP contribution in [0.2, 0.25) is 0 Å². The Morgan fingerprint density at radius 2 is 0.895 bits per heavy atom. The molecule has 2 rings (SSSR count). The van der Waals surface area contributed by atoms with Crippen molar-refractivity contribution in [1.82, 2.24) is 0 Å². The second kappa shape index (κ2) is 4.84. The van der Waals surface area contributed by atoms with Gasteiger partial charge in [-0.1, -0.05) is 0 Å². The third-order valence-corrected chi connectivity index (χ3v) is 3.16. The van der Waals surface area contributed by atoms with E-state index < -0.39 is 0 Å². The number of hydrogen-bond donors (Lipinski definition) is 2. The van der Waals surface area contributed by atoms with Gasteiger partial charge in [-0.3, -0.25) is 0 Å². The maximum absolute atomic E-state index is 9.73. The first-order valence-electron chi connectivity index (χ1n) is 6.16. The average Bonchev–Trinajstić information content (AvgIpc) is 2.33. The van der Waals surface area contributed by atoms with Crippen molar-refractivity contribution in [2.75, 3.05) is 0 Å². The Morgan fingerprint density at radius 3 is 1.16 bits per heavy atom. The molecule has 19 heavy (non-hydrogen) atoms. The lowest BCUT2D eigenvalue weighted by Crippen LogP contribution is -1.90. The molecule has 0 radical (unpaired) electrons. The molecule has 0 aromatic heterocycles. The fourth-order valence-electron chi connectivity index (χ4n) is 2.09. The van der Waals surface area contributed by atoms with Crippen LogP contribution < -0.4 is 4.74 Å². The van der Waals surface area contributed by atoms with Crippen LogP contribution in [0.15, 0.2) is 24.3 Å². The smallest absolute Gasteiger partial charge is 0.128 e. The minimum Gasteiger partial charge on any atom is -0.507 e. The minimum atomic E-state index is 0.297. The molecule has 0 saturated carbocycles. The molecule has 100 valence electrons. The Morgan fingerprint density at radius 1 is 0.632 bits per heavy atom. The number of phenolic OH excluding ortho intramolecular Hbond substituents is 2. The fraction of sp³-hybridized carbons (Fsp3) is 0.250. The second-order valence-corrected chi connectivity index (χ2v) is 4.91. The molecule has 0 saturated heterocycles. The van der Waals surface area contributed by atoms with Crippen LogP contribution in [0.3, 0.4) is 0 Å². The van der Waals surface area contributed by atoms with Gasteiger partial charge in [0.05, 0.1) is 0 Å². The van der Waals surface area contributed by atoms with Gasteiger partial charge in [-0.25, -0.2) is 0 Å². The number of phenols is 2. The number of benzene rings is 2. The number of hydrogen-bond acceptors (Lipinski definition) is 3. The summed E-state index contributed by atoms with van der Waals surface area (Å²) in [5.74, 6) is 1.95. The Labute approximate surface area is 113 Å². The first-order valence-corrected chi connectivity index (χ1v) is 6.16. The normalized spacial score (nSPS) is 10.5. The molecule has 0 heterocycles. The van der Waals surface area contributed by atoms with E-state index >= 15 is 0 Å². The number of aryl methyl sites for hydroxylation is 4. The molecule has 2 aromatic carbocycles. The highest BCUT2D eigenvalue weighted by atomic mass is 16.5. The van der Waals surface area contributed by atoms with Gasteiger partial charge in [-0.15, -0.1) is 0 Å². The van der Waals surface area contributed by atoms with E-state index in [1.165, 1.54) is 0 Å². The van der Waals surface area contributed by atoms with E-state index in [1.807, 2.05) is 27.7 Å². The molecule has 3 nitrogen and oxygen atoms in total. The van der Waals surface area contributed by atoms with Gasteiger partial charge >= 0.3 is 0 Å². The van der Waals surface area contributed by atoms with Crippen LogP contribution in [0.4, 0.5) is 0 Å². The van der Waals surface area contributed by atoms with Crippen LogP contribution >= 0.6 is 0 Å². The van der Waals surface area contributed by atoms with Crippen molar-refractivity contribution in [3.63, 3.8) is 0 Å². The highest BCUT2D eigenvalue weighted by Gasteiger charge is 2.08. The third kappa shape index (κ3) is 2.65. The van der Waals surface area contributed by atoms with Gasteiger partial charge in [0, 0.05) is 0 Å². The molecule has 2 N–H and O–H groups in total. The summed E-state index contributed by atoms with van der Waals surface area (Å²) < 4.78 is 5.79. The fourth-order valence-corrected chi connectivity index (χ4v) is 2.09. The Bertz CT molecular complexity index is 528. The van der Waals surface area contributed by atoms with E-state index in [0.717, 1.165) is 22.3 Å². The SMILES string of the molecule is Cc1cc(Oc2cc(C)c(O)c(C)c2)cc(C)c1O. The average molecular weight is 258 g/mol. The monoisotopic (exact) mass is 258 g/mol. The highest BCUT2D eigenvalue weighted by Crippen LogP contribution is 2.33. The van der Waals surface area contributed by atoms with Crippen molar-refractivity contribution in [3.8, 4) is 23.0 Å². The van der Waals surface area contributed by atoms with E-state index in [1.54, 1.807) is 24.3 Å². The zero-order valence-electron chi connectivity index (χ0n) is 11.6. The molecular weight excluding hydrogens is 240 g/mol. The first kappa shape index (κ1) is 13.3. The zero-order chi connectivity index (χ0) is 14.2. The second-order valence-electron chi connectivity index (χ2n) is 4.91. The summed E-state index contributed by atoms with van der Waals surface area (Å²) in [7, 11) is 0. The van der Waals surface area contributed by atoms with Crippen molar-refractivity contribution in [3.05, 3.63) is 46.5 Å². The first-order chi connectivity index (χ1) is 8.88. The Hall–Kier alpha value is -2.16. The van der Waals surface area contributed by atoms with Gasteiger partial charge < -0.3 is 14.9 Å². The van der Waals surface area contributed by atoms with Crippen molar-refractivity contribution in [1.29, 1.82) is 0 Å². The Balaban J connectivity index is 2.36. The summed E-state index contributed by atoms with van der Waals surface area (Å²) in [6, 6.07) is 7.17. The van der Waals surface area contributed by atoms with Crippen LogP contribution in [-0.2, 0) is 0 Å². The minimum absolute atomic E-state index is 0.297. The van der Waals surface area contributed by atoms with Crippen molar-refractivity contribution < 1.29 is 14.9 Å². The molecule has 3 heteroatoms. The lowest BCUT2D eigenvalue weighted by atomic mass is 10.1. The van der Waals surface area contributed by atoms with Crippen molar-refractivity contribution >= 4 is 0 Å². The lowest BCUT2D eigenvalue weighted by Gasteiger charge is -2.12. The van der Waals surface area contributed by atoms with E-state index in [4.69, 9.17) is 4.74 Å². The van der Waals surface area contributed by atoms with E-state index in [2.05, 4.69) is 0 Å². The maximum Gasteiger partial charge on any atom is 0.128 e. The molecule has 0 aliphatic carbocycles. The van der Waals surface area contributed by atoms with Crippen molar-refractivity contribution in [2.45, 2.75) is 27.7 Å². The molecular formula is C16H18O3. The van der Waals surface area contributed by atoms with Gasteiger partial charge in [-0.05, 0) is 74.2 Å². The molecule has 0 amide bonds. The zero-order valence-corrected chi connectivity index (χ0v) is 11.6. The number of ether oxygens (including phenoxy) is 1. The summed E-state index contributed by atoms with van der Waals surface area (Å²) >= 11 is 0. The summed E-state index contributed by atoms with van der Waals surface area (Å²) in [4.78, 5) is 0. The van der Waals surface area contributed by atoms with Crippen LogP contribution in [0, 0.1) is 27.7 Å². The molecule has 0 unspecified atom stereocenters. The number of aromatic hydroxyl groups is 2. The van der Waals surface area contributed by atoms with Crippen LogP contribution in [0.25, 0.3) is 0 Å². The predicted octanol–water partition coefficient (Wildman–Crippen LogP) is 4.12. The topological polar surface area (TPSA) is 49.7 Å². The molecule has 2 aromatic rings. The van der Waals surface area contributed by atoms with Crippen LogP contribution in [0.5, 0.6) is 23.0 Å².